The van der Waals surface area contributed by atoms with Gasteiger partial charge in [-0.05, 0) is 6.42 Å². The van der Waals surface area contributed by atoms with E-state index in [1.54, 1.807) is 12.4 Å². The van der Waals surface area contributed by atoms with Crippen molar-refractivity contribution in [3.8, 4) is 11.4 Å². The molecule has 0 aliphatic carbocycles. The Kier molecular flexibility index (Phi) is 4.43. The zero-order valence-corrected chi connectivity index (χ0v) is 14.0. The van der Waals surface area contributed by atoms with Crippen LogP contribution in [0.2, 0.25) is 0 Å². The van der Waals surface area contributed by atoms with Crippen molar-refractivity contribution in [2.45, 2.75) is 12.5 Å². The van der Waals surface area contributed by atoms with Gasteiger partial charge in [0.05, 0.1) is 18.1 Å². The first-order chi connectivity index (χ1) is 12.3. The smallest absolute Gasteiger partial charge is 0.321 e. The number of rotatable bonds is 3. The molecule has 1 N–H and O–H groups in total. The highest BCUT2D eigenvalue weighted by Crippen LogP contribution is 2.19. The molecule has 2 aliphatic heterocycles. The molecule has 1 aromatic carbocycles. The van der Waals surface area contributed by atoms with Gasteiger partial charge in [0, 0.05) is 37.8 Å². The molecule has 1 saturated heterocycles. The van der Waals surface area contributed by atoms with E-state index in [1.807, 2.05) is 35.2 Å². The lowest BCUT2D eigenvalue weighted by Crippen LogP contribution is -2.38. The molecule has 6 heteroatoms. The molecule has 1 fully saturated rings. The van der Waals surface area contributed by atoms with E-state index in [9.17, 15) is 4.79 Å². The van der Waals surface area contributed by atoms with Crippen molar-refractivity contribution in [3.05, 3.63) is 54.9 Å². The Morgan fingerprint density at radius 3 is 2.52 bits per heavy atom. The van der Waals surface area contributed by atoms with Crippen molar-refractivity contribution in [1.29, 1.82) is 0 Å². The topological polar surface area (TPSA) is 61.4 Å². The standard InChI is InChI=1S/C19H21N5O/c25-19(24-11-8-17(14-24)23-9-4-5-10-23)22-16-12-20-18(21-13-16)15-6-2-1-3-7-15/h1-7,12-13,17H,8-11,14H2,(H,22,25). The van der Waals surface area contributed by atoms with Crippen molar-refractivity contribution >= 4 is 11.7 Å². The summed E-state index contributed by atoms with van der Waals surface area (Å²) in [5.41, 5.74) is 1.58. The van der Waals surface area contributed by atoms with E-state index in [4.69, 9.17) is 0 Å². The van der Waals surface area contributed by atoms with Crippen molar-refractivity contribution in [2.24, 2.45) is 0 Å². The molecule has 1 atom stereocenters. The lowest BCUT2D eigenvalue weighted by Gasteiger charge is -2.23. The van der Waals surface area contributed by atoms with Crippen LogP contribution < -0.4 is 5.32 Å². The van der Waals surface area contributed by atoms with Gasteiger partial charge in [0.15, 0.2) is 5.82 Å². The van der Waals surface area contributed by atoms with Crippen LogP contribution in [0.4, 0.5) is 10.5 Å². The fourth-order valence-corrected chi connectivity index (χ4v) is 3.35. The number of carbonyl (C=O) groups is 1. The minimum Gasteiger partial charge on any atom is -0.323 e. The van der Waals surface area contributed by atoms with E-state index in [0.717, 1.165) is 38.2 Å². The summed E-state index contributed by atoms with van der Waals surface area (Å²) in [6.07, 6.45) is 8.72. The maximum Gasteiger partial charge on any atom is 0.321 e. The number of amides is 2. The average molecular weight is 335 g/mol. The molecule has 2 aromatic rings. The molecule has 1 aromatic heterocycles. The Hall–Kier alpha value is -2.73. The van der Waals surface area contributed by atoms with Crippen LogP contribution in [0.5, 0.6) is 0 Å². The molecule has 2 aliphatic rings. The SMILES string of the molecule is O=C(Nc1cnc(-c2ccccc2)nc1)N1CCC(N2CC=CC2)C1. The first-order valence-electron chi connectivity index (χ1n) is 8.62. The number of benzene rings is 1. The molecule has 0 saturated carbocycles. The van der Waals surface area contributed by atoms with Crippen molar-refractivity contribution in [2.75, 3.05) is 31.5 Å². The number of nitrogens with zero attached hydrogens (tertiary/aromatic N) is 4. The summed E-state index contributed by atoms with van der Waals surface area (Å²) in [5.74, 6) is 0.654. The average Bonchev–Trinajstić information content (AvgIpc) is 3.35. The minimum atomic E-state index is -0.0780. The van der Waals surface area contributed by atoms with Crippen LogP contribution in [0, 0.1) is 0 Å². The molecule has 0 bridgehead atoms. The summed E-state index contributed by atoms with van der Waals surface area (Å²) >= 11 is 0. The zero-order valence-electron chi connectivity index (χ0n) is 14.0. The Morgan fingerprint density at radius 1 is 1.08 bits per heavy atom. The number of urea groups is 1. The highest BCUT2D eigenvalue weighted by Gasteiger charge is 2.30. The molecule has 2 amide bonds. The maximum atomic E-state index is 12.5. The van der Waals surface area contributed by atoms with Crippen LogP contribution in [0.1, 0.15) is 6.42 Å². The van der Waals surface area contributed by atoms with Crippen molar-refractivity contribution in [1.82, 2.24) is 19.8 Å². The number of hydrogen-bond acceptors (Lipinski definition) is 4. The fraction of sp³-hybridized carbons (Fsp3) is 0.316. The highest BCUT2D eigenvalue weighted by molar-refractivity contribution is 5.89. The van der Waals surface area contributed by atoms with Crippen molar-refractivity contribution in [3.63, 3.8) is 0 Å². The lowest BCUT2D eigenvalue weighted by atomic mass is 10.2. The normalized spacial score (nSPS) is 20.2. The second kappa shape index (κ2) is 7.03. The molecule has 4 rings (SSSR count). The van der Waals surface area contributed by atoms with Gasteiger partial charge in [-0.2, -0.15) is 0 Å². The van der Waals surface area contributed by atoms with E-state index in [2.05, 4.69) is 32.3 Å². The van der Waals surface area contributed by atoms with E-state index in [-0.39, 0.29) is 6.03 Å². The van der Waals surface area contributed by atoms with E-state index >= 15 is 0 Å². The number of likely N-dealkylation sites (tertiary alicyclic amines) is 1. The molecule has 128 valence electrons. The molecule has 3 heterocycles. The van der Waals surface area contributed by atoms with Gasteiger partial charge >= 0.3 is 6.03 Å². The summed E-state index contributed by atoms with van der Waals surface area (Å²) < 4.78 is 0. The van der Waals surface area contributed by atoms with Crippen LogP contribution in [-0.2, 0) is 0 Å². The van der Waals surface area contributed by atoms with Gasteiger partial charge in [-0.15, -0.1) is 0 Å². The number of hydrogen-bond donors (Lipinski definition) is 1. The largest absolute Gasteiger partial charge is 0.323 e. The first-order valence-corrected chi connectivity index (χ1v) is 8.62. The van der Waals surface area contributed by atoms with Crippen molar-refractivity contribution < 1.29 is 4.79 Å². The Balaban J connectivity index is 1.35. The second-order valence-corrected chi connectivity index (χ2v) is 6.41. The third-order valence-corrected chi connectivity index (χ3v) is 4.75. The molecule has 25 heavy (non-hydrogen) atoms. The molecule has 6 nitrogen and oxygen atoms in total. The van der Waals surface area contributed by atoms with Gasteiger partial charge in [0.1, 0.15) is 0 Å². The third kappa shape index (κ3) is 3.53. The number of carbonyl (C=O) groups excluding carboxylic acids is 1. The monoisotopic (exact) mass is 335 g/mol. The van der Waals surface area contributed by atoms with Crippen LogP contribution in [-0.4, -0.2) is 58.0 Å². The van der Waals surface area contributed by atoms with Gasteiger partial charge in [0.2, 0.25) is 0 Å². The van der Waals surface area contributed by atoms with Crippen LogP contribution >= 0.6 is 0 Å². The predicted octanol–water partition coefficient (Wildman–Crippen LogP) is 2.62. The number of anilines is 1. The summed E-state index contributed by atoms with van der Waals surface area (Å²) in [6.45, 7) is 3.55. The van der Waals surface area contributed by atoms with Crippen LogP contribution in [0.3, 0.4) is 0 Å². The number of aromatic nitrogens is 2. The van der Waals surface area contributed by atoms with Gasteiger partial charge in [-0.1, -0.05) is 42.5 Å². The molecule has 0 radical (unpaired) electrons. The van der Waals surface area contributed by atoms with E-state index in [1.165, 1.54) is 0 Å². The van der Waals surface area contributed by atoms with E-state index in [0.29, 0.717) is 17.6 Å². The maximum absolute atomic E-state index is 12.5. The summed E-state index contributed by atoms with van der Waals surface area (Å²) in [5, 5.41) is 2.90. The number of nitrogens with one attached hydrogen (secondary N) is 1. The van der Waals surface area contributed by atoms with Gasteiger partial charge in [-0.25, -0.2) is 14.8 Å². The van der Waals surface area contributed by atoms with Crippen LogP contribution in [0.25, 0.3) is 11.4 Å². The Labute approximate surface area is 147 Å². The Morgan fingerprint density at radius 2 is 1.80 bits per heavy atom. The summed E-state index contributed by atoms with van der Waals surface area (Å²) in [6, 6.07) is 10.2. The fourth-order valence-electron chi connectivity index (χ4n) is 3.35. The lowest BCUT2D eigenvalue weighted by molar-refractivity contribution is 0.212. The van der Waals surface area contributed by atoms with Gasteiger partial charge in [0.25, 0.3) is 0 Å². The molecule has 0 spiro atoms. The molecular weight excluding hydrogens is 314 g/mol. The van der Waals surface area contributed by atoms with Gasteiger partial charge < -0.3 is 10.2 Å². The van der Waals surface area contributed by atoms with Crippen LogP contribution in [0.15, 0.2) is 54.9 Å². The zero-order chi connectivity index (χ0) is 17.1. The molecular formula is C19H21N5O. The first kappa shape index (κ1) is 15.8. The minimum absolute atomic E-state index is 0.0780. The second-order valence-electron chi connectivity index (χ2n) is 6.41. The summed E-state index contributed by atoms with van der Waals surface area (Å²) in [7, 11) is 0. The third-order valence-electron chi connectivity index (χ3n) is 4.75. The summed E-state index contributed by atoms with van der Waals surface area (Å²) in [4.78, 5) is 25.4. The quantitative estimate of drug-likeness (QED) is 0.876. The predicted molar refractivity (Wildman–Crippen MR) is 97.2 cm³/mol. The van der Waals surface area contributed by atoms with E-state index < -0.39 is 0 Å². The highest BCUT2D eigenvalue weighted by atomic mass is 16.2. The molecule has 1 unspecified atom stereocenters. The Bertz CT molecular complexity index is 751. The van der Waals surface area contributed by atoms with Gasteiger partial charge in [-0.3, -0.25) is 4.90 Å².